The Hall–Kier alpha value is -1.46. The van der Waals surface area contributed by atoms with E-state index in [0.29, 0.717) is 11.0 Å². The lowest BCUT2D eigenvalue weighted by Gasteiger charge is -2.21. The summed E-state index contributed by atoms with van der Waals surface area (Å²) in [5.41, 5.74) is 3.57. The highest BCUT2D eigenvalue weighted by Crippen LogP contribution is 2.09. The summed E-state index contributed by atoms with van der Waals surface area (Å²) in [7, 11) is 5.86. The minimum atomic E-state index is -0.108. The summed E-state index contributed by atoms with van der Waals surface area (Å²) in [6.07, 6.45) is 3.50. The molecule has 0 spiro atoms. The van der Waals surface area contributed by atoms with Gasteiger partial charge in [0.15, 0.2) is 6.54 Å². The molecule has 0 heterocycles. The van der Waals surface area contributed by atoms with Crippen LogP contribution in [0, 0.1) is 0 Å². The Bertz CT molecular complexity index is 475. The quantitative estimate of drug-likeness (QED) is 0.503. The molecule has 102 valence electrons. The third kappa shape index (κ3) is 7.54. The van der Waals surface area contributed by atoms with Gasteiger partial charge in [0.05, 0.1) is 27.4 Å². The maximum Gasteiger partial charge on any atom is 0.295 e. The topological polar surface area (TPSA) is 41.5 Å². The van der Waals surface area contributed by atoms with Crippen molar-refractivity contribution < 1.29 is 9.28 Å². The highest BCUT2D eigenvalue weighted by molar-refractivity contribution is 9.12. The molecule has 0 saturated carbocycles. The van der Waals surface area contributed by atoms with Crippen LogP contribution in [-0.2, 0) is 4.79 Å². The summed E-state index contributed by atoms with van der Waals surface area (Å²) in [6, 6.07) is 9.87. The Morgan fingerprint density at radius 3 is 2.53 bits per heavy atom. The van der Waals surface area contributed by atoms with Crippen LogP contribution in [0.4, 0.5) is 0 Å². The number of nitrogens with one attached hydrogen (secondary N) is 1. The second-order valence-electron chi connectivity index (χ2n) is 5.18. The molecular formula is C14H19BrN3O+. The third-order valence-corrected chi connectivity index (χ3v) is 2.53. The van der Waals surface area contributed by atoms with Crippen molar-refractivity contribution in [1.82, 2.24) is 5.43 Å². The van der Waals surface area contributed by atoms with Crippen LogP contribution in [0.2, 0.25) is 0 Å². The Labute approximate surface area is 122 Å². The fraction of sp³-hybridized carbons (Fsp3) is 0.286. The lowest BCUT2D eigenvalue weighted by Crippen LogP contribution is -2.43. The first-order chi connectivity index (χ1) is 8.87. The monoisotopic (exact) mass is 324 g/mol. The Morgan fingerprint density at radius 1 is 1.32 bits per heavy atom. The van der Waals surface area contributed by atoms with Gasteiger partial charge in [0.1, 0.15) is 0 Å². The maximum absolute atomic E-state index is 11.5. The van der Waals surface area contributed by atoms with Gasteiger partial charge in [-0.05, 0) is 27.6 Å². The zero-order chi connectivity index (χ0) is 14.3. The number of halogens is 1. The third-order valence-electron chi connectivity index (χ3n) is 2.10. The molecule has 1 aromatic carbocycles. The van der Waals surface area contributed by atoms with Crippen LogP contribution >= 0.6 is 15.9 Å². The van der Waals surface area contributed by atoms with Crippen LogP contribution in [0.1, 0.15) is 5.56 Å². The highest BCUT2D eigenvalue weighted by Gasteiger charge is 2.12. The average Bonchev–Trinajstić information content (AvgIpc) is 2.27. The van der Waals surface area contributed by atoms with Gasteiger partial charge < -0.3 is 4.48 Å². The van der Waals surface area contributed by atoms with E-state index in [1.807, 2.05) is 57.6 Å². The van der Waals surface area contributed by atoms with E-state index < -0.39 is 0 Å². The minimum absolute atomic E-state index is 0.108. The van der Waals surface area contributed by atoms with Crippen molar-refractivity contribution >= 4 is 34.1 Å². The average molecular weight is 325 g/mol. The van der Waals surface area contributed by atoms with Gasteiger partial charge in [0, 0.05) is 4.48 Å². The molecule has 1 N–H and O–H groups in total. The molecule has 4 nitrogen and oxygen atoms in total. The van der Waals surface area contributed by atoms with Gasteiger partial charge in [0.25, 0.3) is 5.91 Å². The van der Waals surface area contributed by atoms with Crippen LogP contribution in [0.15, 0.2) is 39.9 Å². The number of benzene rings is 1. The normalized spacial score (nSPS) is 12.7. The number of allylic oxidation sites excluding steroid dienone is 1. The highest BCUT2D eigenvalue weighted by atomic mass is 79.9. The van der Waals surface area contributed by atoms with E-state index in [9.17, 15) is 4.79 Å². The summed E-state index contributed by atoms with van der Waals surface area (Å²) >= 11 is 3.38. The summed E-state index contributed by atoms with van der Waals surface area (Å²) < 4.78 is 1.37. The molecule has 0 aliphatic rings. The molecule has 0 unspecified atom stereocenters. The fourth-order valence-electron chi connectivity index (χ4n) is 1.38. The predicted molar refractivity (Wildman–Crippen MR) is 82.9 cm³/mol. The van der Waals surface area contributed by atoms with E-state index in [2.05, 4.69) is 26.5 Å². The Balaban J connectivity index is 2.49. The van der Waals surface area contributed by atoms with E-state index >= 15 is 0 Å². The lowest BCUT2D eigenvalue weighted by atomic mass is 10.2. The van der Waals surface area contributed by atoms with E-state index in [4.69, 9.17) is 0 Å². The van der Waals surface area contributed by atoms with Crippen LogP contribution in [0.5, 0.6) is 0 Å². The summed E-state index contributed by atoms with van der Waals surface area (Å²) in [5, 5.41) is 3.90. The number of carbonyl (C=O) groups excluding carboxylic acids is 1. The number of hydrogen-bond donors (Lipinski definition) is 1. The van der Waals surface area contributed by atoms with Crippen LogP contribution in [0.3, 0.4) is 0 Å². The number of likely N-dealkylation sites (N-methyl/N-ethyl adjacent to an activating group) is 1. The molecule has 5 heteroatoms. The standard InChI is InChI=1S/C14H18BrN3O/c1-18(2,3)11-14(19)17-16-10-13(15)9-12-7-5-4-6-8-12/h4-10H,11H2,1-3H3/p+1. The Kier molecular flexibility index (Phi) is 5.92. The van der Waals surface area contributed by atoms with Gasteiger partial charge in [0.2, 0.25) is 0 Å². The summed E-state index contributed by atoms with van der Waals surface area (Å²) in [6.45, 7) is 0.386. The molecule has 1 amide bonds. The molecule has 19 heavy (non-hydrogen) atoms. The molecule has 0 aliphatic carbocycles. The van der Waals surface area contributed by atoms with Crippen molar-refractivity contribution in [3.05, 3.63) is 40.4 Å². The molecule has 0 aromatic heterocycles. The zero-order valence-electron chi connectivity index (χ0n) is 11.4. The molecule has 0 saturated heterocycles. The molecule has 0 bridgehead atoms. The summed E-state index contributed by atoms with van der Waals surface area (Å²) in [5.74, 6) is -0.108. The van der Waals surface area contributed by atoms with Crippen LogP contribution in [0.25, 0.3) is 6.08 Å². The maximum atomic E-state index is 11.5. The first-order valence-corrected chi connectivity index (χ1v) is 6.71. The first kappa shape index (κ1) is 15.6. The number of quaternary nitrogens is 1. The smallest absolute Gasteiger partial charge is 0.295 e. The second kappa shape index (κ2) is 7.21. The number of hydrazone groups is 1. The molecule has 0 radical (unpaired) electrons. The molecule has 0 aliphatic heterocycles. The van der Waals surface area contributed by atoms with E-state index in [1.54, 1.807) is 6.21 Å². The number of hydrogen-bond acceptors (Lipinski definition) is 2. The second-order valence-corrected chi connectivity index (χ2v) is 6.10. The molecular weight excluding hydrogens is 306 g/mol. The van der Waals surface area contributed by atoms with Gasteiger partial charge in [-0.1, -0.05) is 30.3 Å². The van der Waals surface area contributed by atoms with Crippen molar-refractivity contribution in [3.8, 4) is 0 Å². The van der Waals surface area contributed by atoms with Gasteiger partial charge >= 0.3 is 0 Å². The van der Waals surface area contributed by atoms with E-state index in [-0.39, 0.29) is 5.91 Å². The predicted octanol–water partition coefficient (Wildman–Crippen LogP) is 2.23. The van der Waals surface area contributed by atoms with Crippen molar-refractivity contribution in [2.75, 3.05) is 27.7 Å². The Morgan fingerprint density at radius 2 is 1.95 bits per heavy atom. The van der Waals surface area contributed by atoms with Crippen molar-refractivity contribution in [2.24, 2.45) is 5.10 Å². The van der Waals surface area contributed by atoms with E-state index in [0.717, 1.165) is 10.0 Å². The number of amides is 1. The minimum Gasteiger partial charge on any atom is -0.323 e. The number of rotatable bonds is 5. The van der Waals surface area contributed by atoms with Crippen LogP contribution < -0.4 is 5.43 Å². The zero-order valence-corrected chi connectivity index (χ0v) is 13.0. The van der Waals surface area contributed by atoms with Gasteiger partial charge in [-0.3, -0.25) is 4.79 Å². The first-order valence-electron chi connectivity index (χ1n) is 5.91. The molecule has 0 fully saturated rings. The van der Waals surface area contributed by atoms with Crippen molar-refractivity contribution in [2.45, 2.75) is 0 Å². The van der Waals surface area contributed by atoms with Crippen molar-refractivity contribution in [3.63, 3.8) is 0 Å². The SMILES string of the molecule is C[N+](C)(C)CC(=O)NN=CC(Br)=Cc1ccccc1. The largest absolute Gasteiger partial charge is 0.323 e. The molecule has 1 rings (SSSR count). The van der Waals surface area contributed by atoms with Gasteiger partial charge in [-0.25, -0.2) is 5.43 Å². The van der Waals surface area contributed by atoms with E-state index in [1.165, 1.54) is 0 Å². The summed E-state index contributed by atoms with van der Waals surface area (Å²) in [4.78, 5) is 11.5. The van der Waals surface area contributed by atoms with Gasteiger partial charge in [-0.2, -0.15) is 5.10 Å². The number of nitrogens with zero attached hydrogens (tertiary/aromatic N) is 2. The van der Waals surface area contributed by atoms with Crippen molar-refractivity contribution in [1.29, 1.82) is 0 Å². The lowest BCUT2D eigenvalue weighted by molar-refractivity contribution is -0.862. The molecule has 1 aromatic rings. The van der Waals surface area contributed by atoms with Crippen LogP contribution in [-0.4, -0.2) is 44.3 Å². The number of carbonyl (C=O) groups is 1. The molecule has 0 atom stereocenters. The fourth-order valence-corrected chi connectivity index (χ4v) is 1.74. The van der Waals surface area contributed by atoms with Gasteiger partial charge in [-0.15, -0.1) is 0 Å².